The predicted molar refractivity (Wildman–Crippen MR) is 98.6 cm³/mol. The quantitative estimate of drug-likeness (QED) is 0.432. The first-order valence-electron chi connectivity index (χ1n) is 10.1. The van der Waals surface area contributed by atoms with Gasteiger partial charge in [-0.1, -0.05) is 40.5 Å². The highest BCUT2D eigenvalue weighted by molar-refractivity contribution is 5.88. The second kappa shape index (κ2) is 6.89. The van der Waals surface area contributed by atoms with Crippen molar-refractivity contribution in [3.8, 4) is 0 Å². The number of fused-ring (bicyclic) bond motifs is 3. The first-order chi connectivity index (χ1) is 12.6. The smallest absolute Gasteiger partial charge is 0.343 e. The van der Waals surface area contributed by atoms with Crippen LogP contribution in [-0.2, 0) is 19.1 Å². The van der Waals surface area contributed by atoms with Crippen LogP contribution in [0.4, 0.5) is 0 Å². The summed E-state index contributed by atoms with van der Waals surface area (Å²) in [4.78, 5) is 24.9. The Balaban J connectivity index is 2.00. The Morgan fingerprint density at radius 2 is 2.04 bits per heavy atom. The van der Waals surface area contributed by atoms with E-state index < -0.39 is 35.1 Å². The minimum atomic E-state index is -1.88. The van der Waals surface area contributed by atoms with E-state index in [9.17, 15) is 19.8 Å². The molecule has 1 heterocycles. The van der Waals surface area contributed by atoms with Crippen molar-refractivity contribution in [1.82, 2.24) is 0 Å². The molecule has 0 aromatic carbocycles. The average molecular weight is 380 g/mol. The second-order valence-corrected chi connectivity index (χ2v) is 9.19. The Kier molecular flexibility index (Phi) is 5.19. The van der Waals surface area contributed by atoms with Crippen LogP contribution in [0.3, 0.4) is 0 Å². The molecule has 1 aliphatic heterocycles. The molecule has 0 bridgehead atoms. The van der Waals surface area contributed by atoms with Gasteiger partial charge in [-0.05, 0) is 30.8 Å². The van der Waals surface area contributed by atoms with Gasteiger partial charge in [-0.3, -0.25) is 4.79 Å². The molecule has 0 unspecified atom stereocenters. The van der Waals surface area contributed by atoms with Crippen molar-refractivity contribution in [1.29, 1.82) is 0 Å². The van der Waals surface area contributed by atoms with E-state index in [1.165, 1.54) is 0 Å². The summed E-state index contributed by atoms with van der Waals surface area (Å²) in [5.74, 6) is -1.40. The second-order valence-electron chi connectivity index (χ2n) is 9.19. The van der Waals surface area contributed by atoms with Crippen LogP contribution in [0.1, 0.15) is 66.2 Å². The number of hydrogen-bond donors (Lipinski definition) is 2. The lowest BCUT2D eigenvalue weighted by Gasteiger charge is -2.60. The molecule has 3 aliphatic rings. The van der Waals surface area contributed by atoms with Gasteiger partial charge in [0, 0.05) is 23.3 Å². The Bertz CT molecular complexity index is 653. The standard InChI is InChI=1S/C21H32O6/c1-5-6-7-8-16(23)27-14-11-13-12-26-18(24)21(13,25)20(4)15(22)9-10-19(2,3)17(14)20/h11,14-15,17,22,25H,5-10,12H2,1-4H3/t14-,15-,17-,20-,21+/m1/s1. The summed E-state index contributed by atoms with van der Waals surface area (Å²) in [6.07, 6.45) is 4.50. The third-order valence-corrected chi connectivity index (χ3v) is 7.09. The van der Waals surface area contributed by atoms with Gasteiger partial charge in [-0.25, -0.2) is 4.79 Å². The van der Waals surface area contributed by atoms with E-state index in [1.54, 1.807) is 13.0 Å². The summed E-state index contributed by atoms with van der Waals surface area (Å²) < 4.78 is 11.0. The van der Waals surface area contributed by atoms with Gasteiger partial charge in [-0.15, -0.1) is 0 Å². The van der Waals surface area contributed by atoms with Crippen molar-refractivity contribution in [3.63, 3.8) is 0 Å². The van der Waals surface area contributed by atoms with E-state index in [2.05, 4.69) is 6.92 Å². The fourth-order valence-corrected chi connectivity index (χ4v) is 5.58. The van der Waals surface area contributed by atoms with Gasteiger partial charge >= 0.3 is 11.9 Å². The number of unbranched alkanes of at least 4 members (excludes halogenated alkanes) is 2. The zero-order valence-corrected chi connectivity index (χ0v) is 16.8. The van der Waals surface area contributed by atoms with Gasteiger partial charge in [0.2, 0.25) is 0 Å². The minimum absolute atomic E-state index is 0.0331. The normalized spacial score (nSPS) is 39.9. The molecule has 1 saturated heterocycles. The highest BCUT2D eigenvalue weighted by atomic mass is 16.6. The number of carbonyl (C=O) groups excluding carboxylic acids is 2. The molecule has 0 aromatic heterocycles. The van der Waals surface area contributed by atoms with Crippen LogP contribution in [-0.4, -0.2) is 46.6 Å². The van der Waals surface area contributed by atoms with E-state index in [0.717, 1.165) is 19.3 Å². The zero-order valence-electron chi connectivity index (χ0n) is 16.8. The fraction of sp³-hybridized carbons (Fsp3) is 0.810. The van der Waals surface area contributed by atoms with Crippen molar-refractivity contribution in [2.24, 2.45) is 16.7 Å². The molecule has 6 nitrogen and oxygen atoms in total. The maximum Gasteiger partial charge on any atom is 0.343 e. The highest BCUT2D eigenvalue weighted by Gasteiger charge is 2.72. The Labute approximate surface area is 160 Å². The van der Waals surface area contributed by atoms with Gasteiger partial charge < -0.3 is 19.7 Å². The first kappa shape index (κ1) is 20.3. The first-order valence-corrected chi connectivity index (χ1v) is 10.1. The number of aliphatic hydroxyl groups is 2. The number of aliphatic hydroxyl groups excluding tert-OH is 1. The van der Waals surface area contributed by atoms with Crippen LogP contribution in [0.2, 0.25) is 0 Å². The van der Waals surface area contributed by atoms with Crippen molar-refractivity contribution < 1.29 is 29.3 Å². The SMILES string of the molecule is CCCCCC(=O)O[C@@H]1C=C2COC(=O)[C@]2(O)[C@]2(C)[C@H](O)CCC(C)(C)[C@@H]12. The van der Waals surface area contributed by atoms with E-state index in [-0.39, 0.29) is 18.0 Å². The third kappa shape index (κ3) is 2.92. The molecule has 2 N–H and O–H groups in total. The Morgan fingerprint density at radius 3 is 2.70 bits per heavy atom. The summed E-state index contributed by atoms with van der Waals surface area (Å²) in [5.41, 5.74) is -2.99. The van der Waals surface area contributed by atoms with Crippen molar-refractivity contribution >= 4 is 11.9 Å². The summed E-state index contributed by atoms with van der Waals surface area (Å²) >= 11 is 0. The van der Waals surface area contributed by atoms with Crippen molar-refractivity contribution in [3.05, 3.63) is 11.6 Å². The summed E-state index contributed by atoms with van der Waals surface area (Å²) in [7, 11) is 0. The van der Waals surface area contributed by atoms with Gasteiger partial charge in [0.1, 0.15) is 12.7 Å². The average Bonchev–Trinajstić information content (AvgIpc) is 2.88. The Hall–Kier alpha value is -1.40. The summed E-state index contributed by atoms with van der Waals surface area (Å²) in [6.45, 7) is 7.87. The molecule has 3 rings (SSSR count). The van der Waals surface area contributed by atoms with E-state index in [1.807, 2.05) is 13.8 Å². The Morgan fingerprint density at radius 1 is 1.33 bits per heavy atom. The molecule has 6 heteroatoms. The van der Waals surface area contributed by atoms with Gasteiger partial charge in [0.25, 0.3) is 0 Å². The number of ether oxygens (including phenoxy) is 2. The molecule has 0 aromatic rings. The maximum atomic E-state index is 12.5. The van der Waals surface area contributed by atoms with Crippen LogP contribution in [0.5, 0.6) is 0 Å². The number of rotatable bonds is 5. The number of cyclic esters (lactones) is 1. The largest absolute Gasteiger partial charge is 0.459 e. The van der Waals surface area contributed by atoms with Crippen LogP contribution in [0, 0.1) is 16.7 Å². The van der Waals surface area contributed by atoms with Crippen molar-refractivity contribution in [2.45, 2.75) is 84.0 Å². The molecule has 0 spiro atoms. The molecule has 5 atom stereocenters. The lowest BCUT2D eigenvalue weighted by atomic mass is 9.45. The monoisotopic (exact) mass is 380 g/mol. The van der Waals surface area contributed by atoms with E-state index in [4.69, 9.17) is 9.47 Å². The lowest BCUT2D eigenvalue weighted by Crippen LogP contribution is -2.69. The maximum absolute atomic E-state index is 12.5. The molecular formula is C21H32O6. The zero-order chi connectivity index (χ0) is 20.0. The van der Waals surface area contributed by atoms with Crippen molar-refractivity contribution in [2.75, 3.05) is 6.61 Å². The van der Waals surface area contributed by atoms with Gasteiger partial charge in [0.05, 0.1) is 6.10 Å². The molecule has 2 aliphatic carbocycles. The fourth-order valence-electron chi connectivity index (χ4n) is 5.58. The molecule has 1 saturated carbocycles. The minimum Gasteiger partial charge on any atom is -0.459 e. The third-order valence-electron chi connectivity index (χ3n) is 7.09. The molecule has 27 heavy (non-hydrogen) atoms. The number of carbonyl (C=O) groups is 2. The van der Waals surface area contributed by atoms with Gasteiger partial charge in [0.15, 0.2) is 5.60 Å². The van der Waals surface area contributed by atoms with Crippen LogP contribution < -0.4 is 0 Å². The van der Waals surface area contributed by atoms with E-state index in [0.29, 0.717) is 24.8 Å². The van der Waals surface area contributed by atoms with Gasteiger partial charge in [-0.2, -0.15) is 0 Å². The van der Waals surface area contributed by atoms with Crippen LogP contribution in [0.25, 0.3) is 0 Å². The molecular weight excluding hydrogens is 348 g/mol. The van der Waals surface area contributed by atoms with E-state index >= 15 is 0 Å². The molecule has 0 amide bonds. The summed E-state index contributed by atoms with van der Waals surface area (Å²) in [5, 5.41) is 22.3. The molecule has 2 fully saturated rings. The predicted octanol–water partition coefficient (Wildman–Crippen LogP) is 2.51. The highest BCUT2D eigenvalue weighted by Crippen LogP contribution is 2.63. The number of hydrogen-bond acceptors (Lipinski definition) is 6. The topological polar surface area (TPSA) is 93.1 Å². The van der Waals surface area contributed by atoms with Crippen LogP contribution in [0.15, 0.2) is 11.6 Å². The lowest BCUT2D eigenvalue weighted by molar-refractivity contribution is -0.225. The summed E-state index contributed by atoms with van der Waals surface area (Å²) in [6, 6.07) is 0. The van der Waals surface area contributed by atoms with Crippen LogP contribution >= 0.6 is 0 Å². The molecule has 152 valence electrons. The number of esters is 2. The molecule has 0 radical (unpaired) electrons.